The largest absolute Gasteiger partial charge is 0.331 e. The van der Waals surface area contributed by atoms with Crippen LogP contribution < -0.4 is 11.3 Å². The molecule has 0 spiro atoms. The lowest BCUT2D eigenvalue weighted by Crippen LogP contribution is -2.47. The topological polar surface area (TPSA) is 75.4 Å². The van der Waals surface area contributed by atoms with Crippen LogP contribution in [0.1, 0.15) is 26.2 Å². The van der Waals surface area contributed by atoms with Gasteiger partial charge in [0.05, 0.1) is 0 Å². The Kier molecular flexibility index (Phi) is 3.25. The van der Waals surface area contributed by atoms with Crippen molar-refractivity contribution in [1.82, 2.24) is 10.3 Å². The van der Waals surface area contributed by atoms with Crippen LogP contribution in [0.4, 0.5) is 0 Å². The molecule has 0 saturated carbocycles. The second-order valence-electron chi connectivity index (χ2n) is 3.18. The molecule has 0 bridgehead atoms. The lowest BCUT2D eigenvalue weighted by molar-refractivity contribution is -0.146. The van der Waals surface area contributed by atoms with Crippen LogP contribution in [0.25, 0.3) is 0 Å². The molecule has 0 aromatic carbocycles. The molecule has 13 heavy (non-hydrogen) atoms. The van der Waals surface area contributed by atoms with Crippen LogP contribution in [0.2, 0.25) is 0 Å². The molecule has 1 atom stereocenters. The highest BCUT2D eigenvalue weighted by Gasteiger charge is 2.30. The molecule has 0 aromatic heterocycles. The highest BCUT2D eigenvalue weighted by Crippen LogP contribution is 2.19. The fourth-order valence-corrected chi connectivity index (χ4v) is 1.72. The van der Waals surface area contributed by atoms with Crippen LogP contribution in [0, 0.1) is 0 Å². The lowest BCUT2D eigenvalue weighted by Gasteiger charge is -2.22. The molecule has 74 valence electrons. The van der Waals surface area contributed by atoms with Crippen molar-refractivity contribution in [2.45, 2.75) is 32.2 Å². The number of nitrogens with zero attached hydrogens (tertiary/aromatic N) is 1. The zero-order valence-electron chi connectivity index (χ0n) is 7.75. The van der Waals surface area contributed by atoms with Gasteiger partial charge in [0.15, 0.2) is 0 Å². The quantitative estimate of drug-likeness (QED) is 0.247. The molecule has 0 radical (unpaired) electrons. The number of carbonyl (C=O) groups excluding carboxylic acids is 2. The Labute approximate surface area is 77.2 Å². The monoisotopic (exact) mass is 185 g/mol. The average molecular weight is 185 g/mol. The van der Waals surface area contributed by atoms with Crippen LogP contribution >= 0.6 is 0 Å². The summed E-state index contributed by atoms with van der Waals surface area (Å²) in [5.74, 6) is 3.65. The number of nitrogens with two attached hydrogens (primary N) is 1. The number of hydrogen-bond donors (Lipinski definition) is 2. The van der Waals surface area contributed by atoms with Crippen molar-refractivity contribution in [1.29, 1.82) is 0 Å². The number of likely N-dealkylation sites (tertiary alicyclic amines) is 1. The number of nitrogens with one attached hydrogen (secondary N) is 1. The van der Waals surface area contributed by atoms with Crippen molar-refractivity contribution in [2.75, 3.05) is 6.54 Å². The van der Waals surface area contributed by atoms with Gasteiger partial charge in [0.2, 0.25) is 0 Å². The van der Waals surface area contributed by atoms with Gasteiger partial charge in [-0.3, -0.25) is 15.0 Å². The smallest absolute Gasteiger partial charge is 0.323 e. The summed E-state index contributed by atoms with van der Waals surface area (Å²) in [6.07, 6.45) is 2.85. The first-order valence-corrected chi connectivity index (χ1v) is 4.52. The highest BCUT2D eigenvalue weighted by atomic mass is 16.2. The molecule has 1 rings (SSSR count). The summed E-state index contributed by atoms with van der Waals surface area (Å²) in [4.78, 5) is 23.9. The van der Waals surface area contributed by atoms with E-state index in [0.29, 0.717) is 6.54 Å². The van der Waals surface area contributed by atoms with E-state index in [1.807, 2.05) is 12.3 Å². The van der Waals surface area contributed by atoms with Crippen LogP contribution in [0.5, 0.6) is 0 Å². The fourth-order valence-electron chi connectivity index (χ4n) is 1.72. The van der Waals surface area contributed by atoms with Gasteiger partial charge in [-0.1, -0.05) is 6.92 Å². The predicted octanol–water partition coefficient (Wildman–Crippen LogP) is -0.623. The van der Waals surface area contributed by atoms with E-state index in [9.17, 15) is 9.59 Å². The second-order valence-corrected chi connectivity index (χ2v) is 3.18. The third kappa shape index (κ3) is 1.98. The summed E-state index contributed by atoms with van der Waals surface area (Å²) in [5.41, 5.74) is 1.86. The van der Waals surface area contributed by atoms with Gasteiger partial charge >= 0.3 is 11.8 Å². The summed E-state index contributed by atoms with van der Waals surface area (Å²) in [5, 5.41) is 0. The van der Waals surface area contributed by atoms with Gasteiger partial charge < -0.3 is 4.90 Å². The van der Waals surface area contributed by atoms with E-state index in [0.717, 1.165) is 19.3 Å². The van der Waals surface area contributed by atoms with E-state index in [4.69, 9.17) is 5.84 Å². The molecule has 5 nitrogen and oxygen atoms in total. The number of rotatable bonds is 1. The van der Waals surface area contributed by atoms with E-state index < -0.39 is 11.8 Å². The SMILES string of the molecule is CCC1CCCN1C(=O)C(=O)NN. The predicted molar refractivity (Wildman–Crippen MR) is 47.4 cm³/mol. The standard InChI is InChI=1S/C8H15N3O2/c1-2-6-4-3-5-11(6)8(13)7(12)10-9/h6H,2-5,9H2,1H3,(H,10,12). The van der Waals surface area contributed by atoms with E-state index in [2.05, 4.69) is 0 Å². The maximum absolute atomic E-state index is 11.4. The van der Waals surface area contributed by atoms with Crippen LogP contribution in [-0.4, -0.2) is 29.3 Å². The first-order valence-electron chi connectivity index (χ1n) is 4.52. The van der Waals surface area contributed by atoms with E-state index in [1.54, 1.807) is 4.90 Å². The second kappa shape index (κ2) is 4.23. The Morgan fingerprint density at radius 2 is 2.31 bits per heavy atom. The van der Waals surface area contributed by atoms with Gasteiger partial charge in [0.1, 0.15) is 0 Å². The van der Waals surface area contributed by atoms with Crippen molar-refractivity contribution in [2.24, 2.45) is 5.84 Å². The summed E-state index contributed by atoms with van der Waals surface area (Å²) in [6.45, 7) is 2.68. The normalized spacial score (nSPS) is 21.7. The molecule has 0 aromatic rings. The lowest BCUT2D eigenvalue weighted by atomic mass is 10.2. The molecule has 1 unspecified atom stereocenters. The molecule has 1 fully saturated rings. The third-order valence-corrected chi connectivity index (χ3v) is 2.43. The van der Waals surface area contributed by atoms with Crippen LogP contribution in [0.15, 0.2) is 0 Å². The fraction of sp³-hybridized carbons (Fsp3) is 0.750. The number of hydrazine groups is 1. The molecule has 1 aliphatic heterocycles. The molecule has 1 aliphatic rings. The summed E-state index contributed by atoms with van der Waals surface area (Å²) in [7, 11) is 0. The average Bonchev–Trinajstić information content (AvgIpc) is 2.62. The number of hydrogen-bond acceptors (Lipinski definition) is 3. The molecular weight excluding hydrogens is 170 g/mol. The molecule has 1 saturated heterocycles. The molecule has 0 aliphatic carbocycles. The van der Waals surface area contributed by atoms with Crippen molar-refractivity contribution >= 4 is 11.8 Å². The minimum atomic E-state index is -0.722. The van der Waals surface area contributed by atoms with E-state index in [1.165, 1.54) is 0 Å². The third-order valence-electron chi connectivity index (χ3n) is 2.43. The summed E-state index contributed by atoms with van der Waals surface area (Å²) in [6, 6.07) is 0.213. The highest BCUT2D eigenvalue weighted by molar-refractivity contribution is 6.34. The Balaban J connectivity index is 2.60. The summed E-state index contributed by atoms with van der Waals surface area (Å²) >= 11 is 0. The minimum absolute atomic E-state index is 0.213. The van der Waals surface area contributed by atoms with Gasteiger partial charge in [-0.15, -0.1) is 0 Å². The zero-order chi connectivity index (χ0) is 9.84. The van der Waals surface area contributed by atoms with E-state index in [-0.39, 0.29) is 6.04 Å². The maximum Gasteiger partial charge on any atom is 0.323 e. The molecule has 1 heterocycles. The van der Waals surface area contributed by atoms with Gasteiger partial charge in [-0.25, -0.2) is 5.84 Å². The van der Waals surface area contributed by atoms with Crippen molar-refractivity contribution in [3.63, 3.8) is 0 Å². The van der Waals surface area contributed by atoms with Crippen molar-refractivity contribution in [3.8, 4) is 0 Å². The minimum Gasteiger partial charge on any atom is -0.331 e. The van der Waals surface area contributed by atoms with E-state index >= 15 is 0 Å². The van der Waals surface area contributed by atoms with Gasteiger partial charge in [-0.2, -0.15) is 0 Å². The molecule has 5 heteroatoms. The van der Waals surface area contributed by atoms with Crippen LogP contribution in [-0.2, 0) is 9.59 Å². The molecular formula is C8H15N3O2. The van der Waals surface area contributed by atoms with Crippen LogP contribution in [0.3, 0.4) is 0 Å². The summed E-state index contributed by atoms with van der Waals surface area (Å²) < 4.78 is 0. The molecule has 3 N–H and O–H groups in total. The Morgan fingerprint density at radius 3 is 2.85 bits per heavy atom. The molecule has 2 amide bonds. The Morgan fingerprint density at radius 1 is 1.62 bits per heavy atom. The number of amides is 2. The first-order chi connectivity index (χ1) is 6.20. The van der Waals surface area contributed by atoms with Crippen molar-refractivity contribution < 1.29 is 9.59 Å². The Hall–Kier alpha value is -1.10. The van der Waals surface area contributed by atoms with Crippen molar-refractivity contribution in [3.05, 3.63) is 0 Å². The van der Waals surface area contributed by atoms with Gasteiger partial charge in [-0.05, 0) is 19.3 Å². The number of carbonyl (C=O) groups is 2. The first kappa shape index (κ1) is 9.98. The zero-order valence-corrected chi connectivity index (χ0v) is 7.75. The van der Waals surface area contributed by atoms with Gasteiger partial charge in [0.25, 0.3) is 0 Å². The van der Waals surface area contributed by atoms with Gasteiger partial charge in [0, 0.05) is 12.6 Å². The Bertz CT molecular complexity index is 217. The maximum atomic E-state index is 11.4.